The molecule has 0 bridgehead atoms. The summed E-state index contributed by atoms with van der Waals surface area (Å²) in [5.74, 6) is 2.02. The molecule has 0 radical (unpaired) electrons. The fourth-order valence-electron chi connectivity index (χ4n) is 1.70. The first-order chi connectivity index (χ1) is 7.70. The van der Waals surface area contributed by atoms with E-state index in [0.29, 0.717) is 42.6 Å². The molecule has 1 unspecified atom stereocenters. The van der Waals surface area contributed by atoms with Gasteiger partial charge in [-0.15, -0.1) is 0 Å². The van der Waals surface area contributed by atoms with Crippen molar-refractivity contribution in [2.24, 2.45) is 5.92 Å². The molecule has 1 aliphatic rings. The fraction of sp³-hybridized carbons (Fsp3) is 0.500. The lowest BCUT2D eigenvalue weighted by Crippen LogP contribution is -2.16. The molecule has 0 aliphatic carbocycles. The van der Waals surface area contributed by atoms with E-state index in [1.165, 1.54) is 6.07 Å². The molecule has 1 aliphatic heterocycles. The van der Waals surface area contributed by atoms with E-state index >= 15 is 0 Å². The van der Waals surface area contributed by atoms with Crippen molar-refractivity contribution in [2.75, 3.05) is 19.0 Å². The quantitative estimate of drug-likeness (QED) is 0.822. The summed E-state index contributed by atoms with van der Waals surface area (Å²) in [6, 6.07) is 3.15. The minimum absolute atomic E-state index is 0.224. The van der Waals surface area contributed by atoms with Crippen molar-refractivity contribution < 1.29 is 13.9 Å². The van der Waals surface area contributed by atoms with Crippen LogP contribution in [0.5, 0.6) is 11.5 Å². The number of hydrogen-bond donors (Lipinski definition) is 1. The van der Waals surface area contributed by atoms with Crippen LogP contribution in [0.3, 0.4) is 0 Å². The monoisotopic (exact) mass is 242 g/mol. The van der Waals surface area contributed by atoms with Gasteiger partial charge in [-0.2, -0.15) is 12.6 Å². The summed E-state index contributed by atoms with van der Waals surface area (Å²) in [5.41, 5.74) is 0.672. The number of rotatable bonds is 3. The molecule has 4 heteroatoms. The lowest BCUT2D eigenvalue weighted by Gasteiger charge is -2.20. The van der Waals surface area contributed by atoms with Crippen molar-refractivity contribution in [1.82, 2.24) is 0 Å². The van der Waals surface area contributed by atoms with E-state index in [4.69, 9.17) is 9.47 Å². The fourth-order valence-corrected chi connectivity index (χ4v) is 1.83. The van der Waals surface area contributed by atoms with Gasteiger partial charge in [0.15, 0.2) is 11.5 Å². The van der Waals surface area contributed by atoms with Gasteiger partial charge in [-0.3, -0.25) is 0 Å². The lowest BCUT2D eigenvalue weighted by atomic mass is 10.0. The zero-order chi connectivity index (χ0) is 11.5. The van der Waals surface area contributed by atoms with Crippen LogP contribution in [0, 0.1) is 11.7 Å². The van der Waals surface area contributed by atoms with Crippen LogP contribution in [0.1, 0.15) is 12.5 Å². The number of fused-ring (bicyclic) bond motifs is 1. The molecular formula is C12H15FO2S. The Morgan fingerprint density at radius 2 is 1.94 bits per heavy atom. The Balaban J connectivity index is 2.25. The van der Waals surface area contributed by atoms with Crippen molar-refractivity contribution in [3.63, 3.8) is 0 Å². The highest BCUT2D eigenvalue weighted by Gasteiger charge is 2.16. The second-order valence-corrected chi connectivity index (χ2v) is 4.44. The van der Waals surface area contributed by atoms with Gasteiger partial charge in [0.05, 0.1) is 0 Å². The summed E-state index contributed by atoms with van der Waals surface area (Å²) >= 11 is 4.20. The number of ether oxygens (including phenoxy) is 2. The van der Waals surface area contributed by atoms with E-state index in [2.05, 4.69) is 12.6 Å². The van der Waals surface area contributed by atoms with E-state index in [0.717, 1.165) is 5.75 Å². The van der Waals surface area contributed by atoms with Gasteiger partial charge >= 0.3 is 0 Å². The molecule has 0 saturated heterocycles. The molecule has 2 rings (SSSR count). The van der Waals surface area contributed by atoms with Gasteiger partial charge < -0.3 is 9.47 Å². The molecule has 1 atom stereocenters. The van der Waals surface area contributed by atoms with Crippen LogP contribution >= 0.6 is 12.6 Å². The molecule has 16 heavy (non-hydrogen) atoms. The Kier molecular flexibility index (Phi) is 3.59. The first-order valence-corrected chi connectivity index (χ1v) is 6.03. The molecule has 1 aromatic rings. The van der Waals surface area contributed by atoms with E-state index in [9.17, 15) is 4.39 Å². The van der Waals surface area contributed by atoms with Crippen molar-refractivity contribution in [3.8, 4) is 11.5 Å². The molecule has 0 spiro atoms. The number of halogens is 1. The topological polar surface area (TPSA) is 18.5 Å². The van der Waals surface area contributed by atoms with Crippen molar-refractivity contribution in [1.29, 1.82) is 0 Å². The zero-order valence-electron chi connectivity index (χ0n) is 9.20. The average molecular weight is 242 g/mol. The largest absolute Gasteiger partial charge is 0.486 e. The van der Waals surface area contributed by atoms with Crippen molar-refractivity contribution in [3.05, 3.63) is 23.5 Å². The Labute approximate surface area is 100 Å². The summed E-state index contributed by atoms with van der Waals surface area (Å²) in [7, 11) is 0. The summed E-state index contributed by atoms with van der Waals surface area (Å²) in [5, 5.41) is 0. The van der Waals surface area contributed by atoms with Gasteiger partial charge in [0, 0.05) is 6.07 Å². The normalized spacial score (nSPS) is 15.9. The summed E-state index contributed by atoms with van der Waals surface area (Å²) in [6.07, 6.45) is 0.673. The van der Waals surface area contributed by atoms with Gasteiger partial charge in [-0.05, 0) is 29.7 Å². The van der Waals surface area contributed by atoms with Crippen molar-refractivity contribution >= 4 is 12.6 Å². The van der Waals surface area contributed by atoms with Crippen LogP contribution in [0.2, 0.25) is 0 Å². The molecule has 1 heterocycles. The second kappa shape index (κ2) is 4.95. The van der Waals surface area contributed by atoms with Gasteiger partial charge in [-0.25, -0.2) is 4.39 Å². The Morgan fingerprint density at radius 3 is 2.56 bits per heavy atom. The highest BCUT2D eigenvalue weighted by atomic mass is 32.1. The van der Waals surface area contributed by atoms with Crippen LogP contribution in [-0.2, 0) is 6.42 Å². The average Bonchev–Trinajstić information content (AvgIpc) is 2.30. The minimum Gasteiger partial charge on any atom is -0.486 e. The molecule has 2 nitrogen and oxygen atoms in total. The summed E-state index contributed by atoms with van der Waals surface area (Å²) < 4.78 is 24.4. The Hall–Kier alpha value is -0.900. The van der Waals surface area contributed by atoms with Gasteiger partial charge in [0.2, 0.25) is 0 Å². The first-order valence-electron chi connectivity index (χ1n) is 5.39. The third-order valence-corrected chi connectivity index (χ3v) is 3.21. The molecular weight excluding hydrogens is 227 g/mol. The van der Waals surface area contributed by atoms with E-state index in [1.54, 1.807) is 6.07 Å². The highest BCUT2D eigenvalue weighted by Crippen LogP contribution is 2.33. The smallest absolute Gasteiger partial charge is 0.164 e. The molecule has 88 valence electrons. The van der Waals surface area contributed by atoms with E-state index in [-0.39, 0.29) is 5.82 Å². The Morgan fingerprint density at radius 1 is 1.31 bits per heavy atom. The van der Waals surface area contributed by atoms with Crippen LogP contribution in [-0.4, -0.2) is 19.0 Å². The molecule has 0 N–H and O–H groups in total. The Bertz CT molecular complexity index is 382. The molecule has 0 fully saturated rings. The summed E-state index contributed by atoms with van der Waals surface area (Å²) in [6.45, 7) is 3.06. The number of hydrogen-bond acceptors (Lipinski definition) is 3. The van der Waals surface area contributed by atoms with Crippen LogP contribution in [0.25, 0.3) is 0 Å². The van der Waals surface area contributed by atoms with Gasteiger partial charge in [0.25, 0.3) is 0 Å². The summed E-state index contributed by atoms with van der Waals surface area (Å²) in [4.78, 5) is 0. The first kappa shape index (κ1) is 11.6. The van der Waals surface area contributed by atoms with Gasteiger partial charge in [0.1, 0.15) is 19.0 Å². The van der Waals surface area contributed by atoms with Crippen molar-refractivity contribution in [2.45, 2.75) is 13.3 Å². The maximum atomic E-state index is 13.7. The number of benzene rings is 1. The van der Waals surface area contributed by atoms with Gasteiger partial charge in [-0.1, -0.05) is 6.92 Å². The predicted octanol–water partition coefficient (Wildman–Crippen LogP) is 2.71. The van der Waals surface area contributed by atoms with Crippen LogP contribution in [0.15, 0.2) is 12.1 Å². The second-order valence-electron chi connectivity index (χ2n) is 4.08. The predicted molar refractivity (Wildman–Crippen MR) is 64.1 cm³/mol. The zero-order valence-corrected chi connectivity index (χ0v) is 10.1. The van der Waals surface area contributed by atoms with E-state index in [1.807, 2.05) is 6.92 Å². The maximum absolute atomic E-state index is 13.7. The highest BCUT2D eigenvalue weighted by molar-refractivity contribution is 7.80. The molecule has 0 aromatic heterocycles. The third-order valence-electron chi connectivity index (χ3n) is 2.59. The van der Waals surface area contributed by atoms with Crippen LogP contribution < -0.4 is 9.47 Å². The number of thiol groups is 1. The SMILES string of the molecule is CC(CS)Cc1cc2c(cc1F)OCCO2. The minimum atomic E-state index is -0.224. The molecule has 0 amide bonds. The third kappa shape index (κ3) is 2.43. The molecule has 1 aromatic carbocycles. The standard InChI is InChI=1S/C12H15FO2S/c1-8(7-16)4-9-5-11-12(6-10(9)13)15-3-2-14-11/h5-6,8,16H,2-4,7H2,1H3. The maximum Gasteiger partial charge on any atom is 0.164 e. The van der Waals surface area contributed by atoms with E-state index < -0.39 is 0 Å². The lowest BCUT2D eigenvalue weighted by molar-refractivity contribution is 0.170. The van der Waals surface area contributed by atoms with Crippen LogP contribution in [0.4, 0.5) is 4.39 Å². The molecule has 0 saturated carbocycles.